The van der Waals surface area contributed by atoms with Crippen LogP contribution < -0.4 is 10.8 Å². The van der Waals surface area contributed by atoms with Gasteiger partial charge < -0.3 is 5.32 Å². The maximum Gasteiger partial charge on any atom is 0.213 e. The van der Waals surface area contributed by atoms with Crippen LogP contribution in [0.1, 0.15) is 19.4 Å². The average molecular weight is 207 g/mol. The van der Waals surface area contributed by atoms with Crippen molar-refractivity contribution in [1.29, 1.82) is 5.41 Å². The maximum atomic E-state index is 7.48. The molecule has 0 amide bonds. The first-order valence-electron chi connectivity index (χ1n) is 4.96. The molecule has 0 aliphatic heterocycles. The molecule has 0 saturated heterocycles. The molecular formula is C11H17N3O. The molecule has 0 fully saturated rings. The third kappa shape index (κ3) is 5.02. The second kappa shape index (κ2) is 6.03. The highest BCUT2D eigenvalue weighted by Crippen LogP contribution is 1.96. The van der Waals surface area contributed by atoms with Crippen molar-refractivity contribution in [3.05, 3.63) is 35.9 Å². The highest BCUT2D eigenvalue weighted by molar-refractivity contribution is 5.75. The summed E-state index contributed by atoms with van der Waals surface area (Å²) in [5.74, 6) is 0.174. The predicted molar refractivity (Wildman–Crippen MR) is 60.4 cm³/mol. The van der Waals surface area contributed by atoms with E-state index in [-0.39, 0.29) is 12.1 Å². The molecule has 1 rings (SSSR count). The van der Waals surface area contributed by atoms with E-state index in [0.29, 0.717) is 6.54 Å². The Balaban J connectivity index is 2.23. The molecule has 0 heterocycles. The van der Waals surface area contributed by atoms with Gasteiger partial charge in [0.1, 0.15) is 0 Å². The van der Waals surface area contributed by atoms with Gasteiger partial charge in [-0.1, -0.05) is 30.3 Å². The second-order valence-corrected chi connectivity index (χ2v) is 3.48. The van der Waals surface area contributed by atoms with E-state index in [1.165, 1.54) is 0 Å². The SMILES string of the molecule is CC(C)ONC(=N)NCc1ccccc1. The normalized spacial score (nSPS) is 10.1. The van der Waals surface area contributed by atoms with E-state index in [1.54, 1.807) is 0 Å². The van der Waals surface area contributed by atoms with Crippen LogP contribution in [0.4, 0.5) is 0 Å². The fraction of sp³-hybridized carbons (Fsp3) is 0.364. The van der Waals surface area contributed by atoms with Gasteiger partial charge in [0.05, 0.1) is 6.10 Å². The fourth-order valence-corrected chi connectivity index (χ4v) is 0.999. The summed E-state index contributed by atoms with van der Waals surface area (Å²) in [5.41, 5.74) is 3.66. The Bertz CT molecular complexity index is 298. The summed E-state index contributed by atoms with van der Waals surface area (Å²) >= 11 is 0. The van der Waals surface area contributed by atoms with Crippen LogP contribution in [0, 0.1) is 5.41 Å². The zero-order valence-corrected chi connectivity index (χ0v) is 9.08. The lowest BCUT2D eigenvalue weighted by molar-refractivity contribution is 0.0306. The van der Waals surface area contributed by atoms with E-state index >= 15 is 0 Å². The van der Waals surface area contributed by atoms with E-state index in [9.17, 15) is 0 Å². The molecule has 0 aliphatic carbocycles. The maximum absolute atomic E-state index is 7.48. The monoisotopic (exact) mass is 207 g/mol. The van der Waals surface area contributed by atoms with Crippen molar-refractivity contribution in [3.8, 4) is 0 Å². The van der Waals surface area contributed by atoms with Crippen LogP contribution in [0.25, 0.3) is 0 Å². The molecule has 3 N–H and O–H groups in total. The molecule has 0 radical (unpaired) electrons. The minimum Gasteiger partial charge on any atom is -0.351 e. The number of rotatable bonds is 4. The van der Waals surface area contributed by atoms with Gasteiger partial charge in [0.25, 0.3) is 0 Å². The lowest BCUT2D eigenvalue weighted by atomic mass is 10.2. The van der Waals surface area contributed by atoms with Crippen molar-refractivity contribution in [1.82, 2.24) is 10.8 Å². The molecule has 0 unspecified atom stereocenters. The van der Waals surface area contributed by atoms with Crippen LogP contribution in [0.3, 0.4) is 0 Å². The number of hydroxylamine groups is 1. The van der Waals surface area contributed by atoms with Crippen LogP contribution >= 0.6 is 0 Å². The third-order valence-corrected chi connectivity index (χ3v) is 1.71. The zero-order valence-electron chi connectivity index (χ0n) is 9.08. The molecule has 4 nitrogen and oxygen atoms in total. The first-order chi connectivity index (χ1) is 7.18. The van der Waals surface area contributed by atoms with E-state index < -0.39 is 0 Å². The number of benzene rings is 1. The van der Waals surface area contributed by atoms with Crippen LogP contribution in [0.5, 0.6) is 0 Å². The predicted octanol–water partition coefficient (Wildman–Crippen LogP) is 1.64. The van der Waals surface area contributed by atoms with Crippen LogP contribution in [0.2, 0.25) is 0 Å². The molecule has 0 spiro atoms. The van der Waals surface area contributed by atoms with E-state index in [2.05, 4.69) is 10.8 Å². The Morgan fingerprint density at radius 3 is 2.60 bits per heavy atom. The summed E-state index contributed by atoms with van der Waals surface area (Å²) in [6.45, 7) is 4.42. The summed E-state index contributed by atoms with van der Waals surface area (Å²) in [6, 6.07) is 9.92. The minimum absolute atomic E-state index is 0.0591. The first kappa shape index (κ1) is 11.5. The Morgan fingerprint density at radius 1 is 1.33 bits per heavy atom. The third-order valence-electron chi connectivity index (χ3n) is 1.71. The van der Waals surface area contributed by atoms with Crippen LogP contribution in [0.15, 0.2) is 30.3 Å². The lowest BCUT2D eigenvalue weighted by Crippen LogP contribution is -2.37. The highest BCUT2D eigenvalue weighted by Gasteiger charge is 1.97. The van der Waals surface area contributed by atoms with Gasteiger partial charge >= 0.3 is 0 Å². The standard InChI is InChI=1S/C11H17N3O/c1-9(2)15-14-11(12)13-8-10-6-4-3-5-7-10/h3-7,9H,8H2,1-2H3,(H3,12,13,14). The van der Waals surface area contributed by atoms with Gasteiger partial charge in [-0.05, 0) is 19.4 Å². The van der Waals surface area contributed by atoms with Crippen LogP contribution in [-0.2, 0) is 11.4 Å². The molecule has 0 bridgehead atoms. The molecule has 1 aromatic rings. The van der Waals surface area contributed by atoms with Crippen molar-refractivity contribution in [2.45, 2.75) is 26.5 Å². The minimum atomic E-state index is 0.0591. The summed E-state index contributed by atoms with van der Waals surface area (Å²) in [6.07, 6.45) is 0.0591. The van der Waals surface area contributed by atoms with Gasteiger partial charge in [-0.25, -0.2) is 5.48 Å². The Labute approximate surface area is 90.1 Å². The van der Waals surface area contributed by atoms with Gasteiger partial charge in [0.2, 0.25) is 5.96 Å². The average Bonchev–Trinajstić information content (AvgIpc) is 2.25. The fourth-order valence-electron chi connectivity index (χ4n) is 0.999. The van der Waals surface area contributed by atoms with Gasteiger partial charge in [-0.2, -0.15) is 0 Å². The summed E-state index contributed by atoms with van der Waals surface area (Å²) < 4.78 is 0. The Hall–Kier alpha value is -1.55. The van der Waals surface area contributed by atoms with Gasteiger partial charge in [-0.3, -0.25) is 10.2 Å². The van der Waals surface area contributed by atoms with Crippen LogP contribution in [-0.4, -0.2) is 12.1 Å². The number of nitrogens with one attached hydrogen (secondary N) is 3. The first-order valence-corrected chi connectivity index (χ1v) is 4.96. The molecule has 4 heteroatoms. The van der Waals surface area contributed by atoms with E-state index in [0.717, 1.165) is 5.56 Å². The smallest absolute Gasteiger partial charge is 0.213 e. The van der Waals surface area contributed by atoms with Gasteiger partial charge in [0.15, 0.2) is 0 Å². The van der Waals surface area contributed by atoms with E-state index in [1.807, 2.05) is 44.2 Å². The molecule has 0 saturated carbocycles. The Morgan fingerprint density at radius 2 is 2.00 bits per heavy atom. The summed E-state index contributed by atoms with van der Waals surface area (Å²) in [7, 11) is 0. The van der Waals surface area contributed by atoms with Crippen molar-refractivity contribution >= 4 is 5.96 Å². The summed E-state index contributed by atoms with van der Waals surface area (Å²) in [4.78, 5) is 5.05. The molecule has 0 aliphatic rings. The van der Waals surface area contributed by atoms with Crippen molar-refractivity contribution in [3.63, 3.8) is 0 Å². The largest absolute Gasteiger partial charge is 0.351 e. The Kier molecular flexibility index (Phi) is 4.63. The second-order valence-electron chi connectivity index (χ2n) is 3.48. The highest BCUT2D eigenvalue weighted by atomic mass is 16.7. The van der Waals surface area contributed by atoms with Gasteiger partial charge in [0, 0.05) is 6.54 Å². The quantitative estimate of drug-likeness (QED) is 0.399. The zero-order chi connectivity index (χ0) is 11.1. The van der Waals surface area contributed by atoms with E-state index in [4.69, 9.17) is 10.2 Å². The molecule has 15 heavy (non-hydrogen) atoms. The van der Waals surface area contributed by atoms with Crippen molar-refractivity contribution < 1.29 is 4.84 Å². The molecule has 82 valence electrons. The van der Waals surface area contributed by atoms with Crippen molar-refractivity contribution in [2.75, 3.05) is 0 Å². The molecule has 0 aromatic heterocycles. The summed E-state index contributed by atoms with van der Waals surface area (Å²) in [5, 5.41) is 10.4. The number of hydrogen-bond acceptors (Lipinski definition) is 2. The topological polar surface area (TPSA) is 57.1 Å². The molecular weight excluding hydrogens is 190 g/mol. The number of hydrogen-bond donors (Lipinski definition) is 3. The molecule has 0 atom stereocenters. The molecule has 1 aromatic carbocycles. The van der Waals surface area contributed by atoms with Gasteiger partial charge in [-0.15, -0.1) is 0 Å². The van der Waals surface area contributed by atoms with Crippen molar-refractivity contribution in [2.24, 2.45) is 0 Å². The number of guanidine groups is 1. The lowest BCUT2D eigenvalue weighted by Gasteiger charge is -2.12.